The fourth-order valence-electron chi connectivity index (χ4n) is 3.13. The van der Waals surface area contributed by atoms with E-state index in [0.29, 0.717) is 0 Å². The van der Waals surface area contributed by atoms with Crippen LogP contribution in [0.5, 0.6) is 0 Å². The Balaban J connectivity index is 1.84. The molecule has 1 fully saturated rings. The summed E-state index contributed by atoms with van der Waals surface area (Å²) >= 11 is 0. The molecule has 0 unspecified atom stereocenters. The number of fused-ring (bicyclic) bond motifs is 1. The van der Waals surface area contributed by atoms with Crippen LogP contribution in [0.4, 0.5) is 5.82 Å². The van der Waals surface area contributed by atoms with Crippen LogP contribution >= 0.6 is 0 Å². The van der Waals surface area contributed by atoms with Gasteiger partial charge in [0.1, 0.15) is 18.2 Å². The second-order valence-electron chi connectivity index (χ2n) is 5.58. The number of carbonyl (C=O) groups excluding carboxylic acids is 1. The summed E-state index contributed by atoms with van der Waals surface area (Å²) in [5.41, 5.74) is 7.17. The van der Waals surface area contributed by atoms with Crippen molar-refractivity contribution >= 4 is 22.8 Å². The van der Waals surface area contributed by atoms with Crippen molar-refractivity contribution in [3.63, 3.8) is 0 Å². The number of hydrogen-bond donors (Lipinski definition) is 1. The summed E-state index contributed by atoms with van der Waals surface area (Å²) in [6, 6.07) is 9.49. The first kappa shape index (κ1) is 13.7. The summed E-state index contributed by atoms with van der Waals surface area (Å²) in [5, 5.41) is 5.26. The molecule has 3 heterocycles. The van der Waals surface area contributed by atoms with Gasteiger partial charge >= 0.3 is 0 Å². The summed E-state index contributed by atoms with van der Waals surface area (Å²) in [6.45, 7) is 0.760. The van der Waals surface area contributed by atoms with Crippen LogP contribution in [0.1, 0.15) is 12.8 Å². The minimum atomic E-state index is -0.315. The third kappa shape index (κ3) is 2.21. The van der Waals surface area contributed by atoms with Gasteiger partial charge in [0.15, 0.2) is 5.65 Å². The highest BCUT2D eigenvalue weighted by atomic mass is 16.1. The fourth-order valence-corrected chi connectivity index (χ4v) is 3.13. The lowest BCUT2D eigenvalue weighted by atomic mass is 10.2. The highest BCUT2D eigenvalue weighted by Gasteiger charge is 2.31. The molecule has 0 bridgehead atoms. The minimum Gasteiger partial charge on any atom is -0.368 e. The number of nitrogens with zero attached hydrogens (tertiary/aromatic N) is 5. The Kier molecular flexibility index (Phi) is 3.18. The maximum absolute atomic E-state index is 11.7. The fraction of sp³-hybridized carbons (Fsp3) is 0.250. The van der Waals surface area contributed by atoms with Crippen LogP contribution in [0, 0.1) is 0 Å². The molecular formula is C16H16N6O. The molecule has 4 rings (SSSR count). The number of primary amides is 1. The van der Waals surface area contributed by atoms with Crippen molar-refractivity contribution < 1.29 is 4.79 Å². The van der Waals surface area contributed by atoms with Gasteiger partial charge in [0, 0.05) is 6.54 Å². The van der Waals surface area contributed by atoms with E-state index < -0.39 is 0 Å². The third-order valence-electron chi connectivity index (χ3n) is 4.20. The third-order valence-corrected chi connectivity index (χ3v) is 4.20. The van der Waals surface area contributed by atoms with Gasteiger partial charge in [0.2, 0.25) is 5.91 Å². The van der Waals surface area contributed by atoms with E-state index in [9.17, 15) is 4.79 Å². The summed E-state index contributed by atoms with van der Waals surface area (Å²) in [5.74, 6) is 0.406. The molecule has 1 aromatic carbocycles. The number of carbonyl (C=O) groups is 1. The molecule has 23 heavy (non-hydrogen) atoms. The van der Waals surface area contributed by atoms with Gasteiger partial charge in [-0.05, 0) is 25.0 Å². The molecule has 3 aromatic rings. The predicted octanol–water partition coefficient (Wildman–Crippen LogP) is 1.27. The lowest BCUT2D eigenvalue weighted by Crippen LogP contribution is -2.40. The van der Waals surface area contributed by atoms with Gasteiger partial charge in [0.25, 0.3) is 0 Å². The highest BCUT2D eigenvalue weighted by molar-refractivity contribution is 5.91. The van der Waals surface area contributed by atoms with Crippen LogP contribution in [0.15, 0.2) is 42.9 Å². The zero-order chi connectivity index (χ0) is 15.8. The van der Waals surface area contributed by atoms with Crippen molar-refractivity contribution in [3.8, 4) is 5.69 Å². The standard InChI is InChI=1S/C16H16N6O/c17-14(23)13-7-4-8-21(13)15-12-9-20-22(16(12)19-10-18-15)11-5-2-1-3-6-11/h1-3,5-6,9-10,13H,4,7-8H2,(H2,17,23)/t13-/m0/s1. The van der Waals surface area contributed by atoms with E-state index in [1.807, 2.05) is 35.2 Å². The molecule has 7 heteroatoms. The van der Waals surface area contributed by atoms with E-state index in [0.717, 1.165) is 41.9 Å². The average Bonchev–Trinajstić information content (AvgIpc) is 3.22. The van der Waals surface area contributed by atoms with Crippen molar-refractivity contribution in [1.82, 2.24) is 19.7 Å². The Bertz CT molecular complexity index is 859. The second-order valence-corrected chi connectivity index (χ2v) is 5.58. The van der Waals surface area contributed by atoms with Gasteiger partial charge in [0.05, 0.1) is 17.3 Å². The van der Waals surface area contributed by atoms with Gasteiger partial charge in [-0.25, -0.2) is 14.6 Å². The molecule has 7 nitrogen and oxygen atoms in total. The SMILES string of the molecule is NC(=O)[C@@H]1CCCN1c1ncnc2c1cnn2-c1ccccc1. The molecule has 2 N–H and O–H groups in total. The van der Waals surface area contributed by atoms with Crippen molar-refractivity contribution in [2.75, 3.05) is 11.4 Å². The lowest BCUT2D eigenvalue weighted by molar-refractivity contribution is -0.119. The van der Waals surface area contributed by atoms with E-state index in [-0.39, 0.29) is 11.9 Å². The van der Waals surface area contributed by atoms with E-state index in [1.54, 1.807) is 10.9 Å². The van der Waals surface area contributed by atoms with Crippen LogP contribution < -0.4 is 10.6 Å². The van der Waals surface area contributed by atoms with Crippen molar-refractivity contribution in [2.24, 2.45) is 5.73 Å². The molecular weight excluding hydrogens is 292 g/mol. The number of amides is 1. The first-order valence-electron chi connectivity index (χ1n) is 7.56. The van der Waals surface area contributed by atoms with E-state index in [4.69, 9.17) is 5.73 Å². The number of nitrogens with two attached hydrogens (primary N) is 1. The van der Waals surface area contributed by atoms with Crippen LogP contribution in [0.3, 0.4) is 0 Å². The lowest BCUT2D eigenvalue weighted by Gasteiger charge is -2.23. The Morgan fingerprint density at radius 3 is 2.83 bits per heavy atom. The highest BCUT2D eigenvalue weighted by Crippen LogP contribution is 2.30. The molecule has 0 spiro atoms. The maximum atomic E-state index is 11.7. The zero-order valence-corrected chi connectivity index (χ0v) is 12.5. The van der Waals surface area contributed by atoms with E-state index in [2.05, 4.69) is 15.1 Å². The number of hydrogen-bond acceptors (Lipinski definition) is 5. The van der Waals surface area contributed by atoms with Gasteiger partial charge in [-0.1, -0.05) is 18.2 Å². The van der Waals surface area contributed by atoms with Gasteiger partial charge < -0.3 is 10.6 Å². The van der Waals surface area contributed by atoms with Crippen molar-refractivity contribution in [3.05, 3.63) is 42.9 Å². The second kappa shape index (κ2) is 5.35. The van der Waals surface area contributed by atoms with Crippen LogP contribution in [0.2, 0.25) is 0 Å². The Morgan fingerprint density at radius 2 is 2.04 bits per heavy atom. The smallest absolute Gasteiger partial charge is 0.240 e. The van der Waals surface area contributed by atoms with Gasteiger partial charge in [-0.15, -0.1) is 0 Å². The first-order chi connectivity index (χ1) is 11.3. The monoisotopic (exact) mass is 308 g/mol. The van der Waals surface area contributed by atoms with Crippen LogP contribution in [0.25, 0.3) is 16.7 Å². The molecule has 1 atom stereocenters. The van der Waals surface area contributed by atoms with Gasteiger partial charge in [-0.3, -0.25) is 4.79 Å². The largest absolute Gasteiger partial charge is 0.368 e. The molecule has 0 aliphatic carbocycles. The average molecular weight is 308 g/mol. The Hall–Kier alpha value is -2.96. The molecule has 1 amide bonds. The maximum Gasteiger partial charge on any atom is 0.240 e. The zero-order valence-electron chi connectivity index (χ0n) is 12.5. The molecule has 0 radical (unpaired) electrons. The Labute approximate surface area is 132 Å². The number of rotatable bonds is 3. The topological polar surface area (TPSA) is 89.9 Å². The molecule has 1 saturated heterocycles. The van der Waals surface area contributed by atoms with E-state index >= 15 is 0 Å². The molecule has 0 saturated carbocycles. The molecule has 1 aliphatic heterocycles. The number of aromatic nitrogens is 4. The number of benzene rings is 1. The van der Waals surface area contributed by atoms with Crippen molar-refractivity contribution in [1.29, 1.82) is 0 Å². The van der Waals surface area contributed by atoms with Gasteiger partial charge in [-0.2, -0.15) is 5.10 Å². The molecule has 1 aliphatic rings. The van der Waals surface area contributed by atoms with Crippen LogP contribution in [-0.4, -0.2) is 38.2 Å². The number of para-hydroxylation sites is 1. The minimum absolute atomic E-state index is 0.312. The predicted molar refractivity (Wildman–Crippen MR) is 86.2 cm³/mol. The molecule has 116 valence electrons. The first-order valence-corrected chi connectivity index (χ1v) is 7.56. The van der Waals surface area contributed by atoms with Crippen LogP contribution in [-0.2, 0) is 4.79 Å². The Morgan fingerprint density at radius 1 is 1.22 bits per heavy atom. The summed E-state index contributed by atoms with van der Waals surface area (Å²) < 4.78 is 1.77. The summed E-state index contributed by atoms with van der Waals surface area (Å²) in [6.07, 6.45) is 4.93. The number of anilines is 1. The summed E-state index contributed by atoms with van der Waals surface area (Å²) in [4.78, 5) is 22.4. The normalized spacial score (nSPS) is 17.7. The van der Waals surface area contributed by atoms with E-state index in [1.165, 1.54) is 6.33 Å². The summed E-state index contributed by atoms with van der Waals surface area (Å²) in [7, 11) is 0. The quantitative estimate of drug-likeness (QED) is 0.787. The molecule has 2 aromatic heterocycles. The van der Waals surface area contributed by atoms with Crippen molar-refractivity contribution in [2.45, 2.75) is 18.9 Å².